The van der Waals surface area contributed by atoms with Crippen LogP contribution in [0, 0.1) is 0 Å². The number of nitrogens with zero attached hydrogens (tertiary/aromatic N) is 1. The molecule has 1 aromatic heterocycles. The Morgan fingerprint density at radius 1 is 1.32 bits per heavy atom. The molecule has 0 aliphatic carbocycles. The summed E-state index contributed by atoms with van der Waals surface area (Å²) in [6.07, 6.45) is 3.42. The predicted octanol–water partition coefficient (Wildman–Crippen LogP) is 3.82. The van der Waals surface area contributed by atoms with E-state index >= 15 is 0 Å². The van der Waals surface area contributed by atoms with Crippen LogP contribution < -0.4 is 5.32 Å². The largest absolute Gasteiger partial charge is 0.310 e. The molecule has 1 heterocycles. The van der Waals surface area contributed by atoms with Crippen LogP contribution in [0.3, 0.4) is 0 Å². The maximum atomic E-state index is 3.48. The molecule has 1 atom stereocenters. The van der Waals surface area contributed by atoms with Crippen LogP contribution in [0.25, 0.3) is 0 Å². The fraction of sp³-hybridized carbons (Fsp3) is 0.733. The Morgan fingerprint density at radius 2 is 2.00 bits per heavy atom. The molecule has 0 aliphatic heterocycles. The Labute approximate surface area is 127 Å². The third kappa shape index (κ3) is 6.30. The van der Waals surface area contributed by atoms with Gasteiger partial charge in [-0.3, -0.25) is 4.90 Å². The molecule has 110 valence electrons. The highest BCUT2D eigenvalue weighted by atomic mass is 32.2. The molecule has 0 saturated heterocycles. The summed E-state index contributed by atoms with van der Waals surface area (Å²) in [6.45, 7) is 8.73. The summed E-state index contributed by atoms with van der Waals surface area (Å²) in [5.74, 6) is 1.22. The van der Waals surface area contributed by atoms with Gasteiger partial charge < -0.3 is 5.32 Å². The topological polar surface area (TPSA) is 15.3 Å². The van der Waals surface area contributed by atoms with Gasteiger partial charge in [0.15, 0.2) is 0 Å². The van der Waals surface area contributed by atoms with Gasteiger partial charge in [0.2, 0.25) is 0 Å². The molecule has 0 spiro atoms. The van der Waals surface area contributed by atoms with E-state index in [1.165, 1.54) is 21.9 Å². The molecule has 0 fully saturated rings. The molecule has 19 heavy (non-hydrogen) atoms. The second-order valence-corrected chi connectivity index (χ2v) is 7.50. The second-order valence-electron chi connectivity index (χ2n) is 5.34. The number of rotatable bonds is 9. The van der Waals surface area contributed by atoms with Gasteiger partial charge in [-0.2, -0.15) is 11.8 Å². The molecule has 1 unspecified atom stereocenters. The average molecular weight is 301 g/mol. The van der Waals surface area contributed by atoms with Crippen LogP contribution >= 0.6 is 23.1 Å². The maximum Gasteiger partial charge on any atom is 0.0328 e. The molecular weight excluding hydrogens is 272 g/mol. The van der Waals surface area contributed by atoms with Gasteiger partial charge >= 0.3 is 0 Å². The van der Waals surface area contributed by atoms with Crippen LogP contribution in [0.15, 0.2) is 12.1 Å². The third-order valence-electron chi connectivity index (χ3n) is 3.26. The first kappa shape index (κ1) is 17.0. The van der Waals surface area contributed by atoms with Gasteiger partial charge in [-0.15, -0.1) is 11.3 Å². The van der Waals surface area contributed by atoms with Crippen molar-refractivity contribution in [1.82, 2.24) is 10.2 Å². The van der Waals surface area contributed by atoms with Gasteiger partial charge in [0.05, 0.1) is 0 Å². The number of hydrogen-bond donors (Lipinski definition) is 1. The Balaban J connectivity index is 2.47. The van der Waals surface area contributed by atoms with Crippen LogP contribution in [0.4, 0.5) is 0 Å². The van der Waals surface area contributed by atoms with E-state index in [1.54, 1.807) is 0 Å². The summed E-state index contributed by atoms with van der Waals surface area (Å²) in [7, 11) is 2.25. The molecule has 2 nitrogen and oxygen atoms in total. The molecular formula is C15H28N2S2. The van der Waals surface area contributed by atoms with Crippen molar-refractivity contribution in [2.45, 2.75) is 52.4 Å². The molecule has 4 heteroatoms. The Bertz CT molecular complexity index is 350. The smallest absolute Gasteiger partial charge is 0.0328 e. The molecule has 0 amide bonds. The first-order valence-corrected chi connectivity index (χ1v) is 9.28. The van der Waals surface area contributed by atoms with Crippen molar-refractivity contribution >= 4 is 23.1 Å². The van der Waals surface area contributed by atoms with Gasteiger partial charge in [-0.25, -0.2) is 0 Å². The standard InChI is InChI=1S/C15H28N2S2/c1-6-13(11-18-5)17(4)10-15-8-7-14(19-15)9-16-12(2)3/h7-8,12-13,16H,6,9-11H2,1-5H3. The Kier molecular flexibility index (Phi) is 8.07. The van der Waals surface area contributed by atoms with Gasteiger partial charge in [0, 0.05) is 40.7 Å². The minimum Gasteiger partial charge on any atom is -0.310 e. The van der Waals surface area contributed by atoms with Gasteiger partial charge in [0.25, 0.3) is 0 Å². The first-order valence-electron chi connectivity index (χ1n) is 7.07. The monoisotopic (exact) mass is 300 g/mol. The van der Waals surface area contributed by atoms with E-state index in [9.17, 15) is 0 Å². The molecule has 1 N–H and O–H groups in total. The van der Waals surface area contributed by atoms with E-state index in [-0.39, 0.29) is 0 Å². The summed E-state index contributed by atoms with van der Waals surface area (Å²) in [4.78, 5) is 5.40. The average Bonchev–Trinajstić information content (AvgIpc) is 2.81. The zero-order valence-electron chi connectivity index (χ0n) is 12.9. The zero-order chi connectivity index (χ0) is 14.3. The maximum absolute atomic E-state index is 3.48. The van der Waals surface area contributed by atoms with E-state index in [0.717, 1.165) is 13.1 Å². The lowest BCUT2D eigenvalue weighted by Crippen LogP contribution is -2.32. The molecule has 1 rings (SSSR count). The predicted molar refractivity (Wildman–Crippen MR) is 90.2 cm³/mol. The van der Waals surface area contributed by atoms with Gasteiger partial charge in [-0.1, -0.05) is 20.8 Å². The third-order valence-corrected chi connectivity index (χ3v) is 5.05. The van der Waals surface area contributed by atoms with Crippen LogP contribution in [0.2, 0.25) is 0 Å². The molecule has 0 aliphatic rings. The van der Waals surface area contributed by atoms with E-state index in [4.69, 9.17) is 0 Å². The Hall–Kier alpha value is -0.0300. The van der Waals surface area contributed by atoms with Crippen LogP contribution in [0.1, 0.15) is 36.9 Å². The number of hydrogen-bond acceptors (Lipinski definition) is 4. The van der Waals surface area contributed by atoms with Crippen molar-refractivity contribution in [3.05, 3.63) is 21.9 Å². The van der Waals surface area contributed by atoms with E-state index in [0.29, 0.717) is 12.1 Å². The van der Waals surface area contributed by atoms with Gasteiger partial charge in [-0.05, 0) is 31.9 Å². The molecule has 1 aromatic rings. The quantitative estimate of drug-likeness (QED) is 0.746. The fourth-order valence-electron chi connectivity index (χ4n) is 2.03. The van der Waals surface area contributed by atoms with E-state index < -0.39 is 0 Å². The lowest BCUT2D eigenvalue weighted by Gasteiger charge is -2.25. The van der Waals surface area contributed by atoms with Crippen LogP contribution in [0.5, 0.6) is 0 Å². The summed E-state index contributed by atoms with van der Waals surface area (Å²) in [6, 6.07) is 5.79. The van der Waals surface area contributed by atoms with E-state index in [2.05, 4.69) is 56.4 Å². The summed E-state index contributed by atoms with van der Waals surface area (Å²) in [5, 5.41) is 3.48. The minimum atomic E-state index is 0.555. The van der Waals surface area contributed by atoms with Crippen molar-refractivity contribution in [3.63, 3.8) is 0 Å². The summed E-state index contributed by atoms with van der Waals surface area (Å²) in [5.41, 5.74) is 0. The van der Waals surface area contributed by atoms with Gasteiger partial charge in [0.1, 0.15) is 0 Å². The Morgan fingerprint density at radius 3 is 2.58 bits per heavy atom. The van der Waals surface area contributed by atoms with Crippen molar-refractivity contribution in [2.24, 2.45) is 0 Å². The van der Waals surface area contributed by atoms with E-state index in [1.807, 2.05) is 23.1 Å². The van der Waals surface area contributed by atoms with Crippen LogP contribution in [-0.4, -0.2) is 36.0 Å². The molecule has 0 aromatic carbocycles. The first-order chi connectivity index (χ1) is 9.06. The normalized spacial score (nSPS) is 13.4. The van der Waals surface area contributed by atoms with Crippen LogP contribution in [-0.2, 0) is 13.1 Å². The second kappa shape index (κ2) is 9.01. The SMILES string of the molecule is CCC(CSC)N(C)Cc1ccc(CNC(C)C)s1. The van der Waals surface area contributed by atoms with Crippen molar-refractivity contribution in [1.29, 1.82) is 0 Å². The molecule has 0 radical (unpaired) electrons. The highest BCUT2D eigenvalue weighted by Crippen LogP contribution is 2.20. The fourth-order valence-corrected chi connectivity index (χ4v) is 3.94. The molecule has 0 bridgehead atoms. The highest BCUT2D eigenvalue weighted by Gasteiger charge is 2.13. The van der Waals surface area contributed by atoms with Crippen molar-refractivity contribution < 1.29 is 0 Å². The van der Waals surface area contributed by atoms with Crippen molar-refractivity contribution in [3.8, 4) is 0 Å². The number of thiophene rings is 1. The molecule has 0 saturated carbocycles. The minimum absolute atomic E-state index is 0.555. The van der Waals surface area contributed by atoms with Crippen molar-refractivity contribution in [2.75, 3.05) is 19.1 Å². The number of thioether (sulfide) groups is 1. The zero-order valence-corrected chi connectivity index (χ0v) is 14.5. The highest BCUT2D eigenvalue weighted by molar-refractivity contribution is 7.98. The lowest BCUT2D eigenvalue weighted by atomic mass is 10.2. The summed E-state index contributed by atoms with van der Waals surface area (Å²) >= 11 is 3.88. The number of nitrogens with one attached hydrogen (secondary N) is 1. The lowest BCUT2D eigenvalue weighted by molar-refractivity contribution is 0.250. The summed E-state index contributed by atoms with van der Waals surface area (Å²) < 4.78 is 0.